The molecule has 5 rings (SSSR count). The fourth-order valence-electron chi connectivity index (χ4n) is 5.25. The van der Waals surface area contributed by atoms with E-state index >= 15 is 0 Å². The highest BCUT2D eigenvalue weighted by atomic mass is 32.2. The van der Waals surface area contributed by atoms with E-state index < -0.39 is 10.0 Å². The maximum atomic E-state index is 13.9. The summed E-state index contributed by atoms with van der Waals surface area (Å²) in [5, 5.41) is 0.653. The first-order valence-electron chi connectivity index (χ1n) is 13.9. The summed E-state index contributed by atoms with van der Waals surface area (Å²) in [6.07, 6.45) is 0.443. The standard InChI is InChI=1S/C29H38N4O5S2/c1-20-16-26-27(17-21(20)2)39-29(30-26)33(11-5-10-31-12-14-37-15-13-31)28(34)24-6-8-25(9-7-24)40(35,36)32-18-22(3)38-23(4)19-32/h6-9,16-17,22-23H,5,10-15,18-19H2,1-4H3. The van der Waals surface area contributed by atoms with Gasteiger partial charge >= 0.3 is 0 Å². The minimum atomic E-state index is -3.69. The van der Waals surface area contributed by atoms with Crippen molar-refractivity contribution in [3.8, 4) is 0 Å². The fraction of sp³-hybridized carbons (Fsp3) is 0.517. The molecule has 2 aliphatic rings. The monoisotopic (exact) mass is 586 g/mol. The van der Waals surface area contributed by atoms with Gasteiger partial charge in [0.15, 0.2) is 5.13 Å². The summed E-state index contributed by atoms with van der Waals surface area (Å²) in [6.45, 7) is 13.1. The first kappa shape index (κ1) is 29.1. The molecule has 0 bridgehead atoms. The van der Waals surface area contributed by atoms with Gasteiger partial charge in [0.25, 0.3) is 5.91 Å². The number of rotatable bonds is 8. The van der Waals surface area contributed by atoms with E-state index in [0.717, 1.165) is 55.0 Å². The van der Waals surface area contributed by atoms with Crippen LogP contribution in [-0.4, -0.2) is 93.2 Å². The normalized spacial score (nSPS) is 21.1. The van der Waals surface area contributed by atoms with Gasteiger partial charge < -0.3 is 9.47 Å². The number of nitrogens with zero attached hydrogens (tertiary/aromatic N) is 4. The second-order valence-corrected chi connectivity index (χ2v) is 13.7. The number of fused-ring (bicyclic) bond motifs is 1. The van der Waals surface area contributed by atoms with Crippen LogP contribution >= 0.6 is 11.3 Å². The summed E-state index contributed by atoms with van der Waals surface area (Å²) in [5.41, 5.74) is 3.66. The highest BCUT2D eigenvalue weighted by molar-refractivity contribution is 7.89. The lowest BCUT2D eigenvalue weighted by Gasteiger charge is -2.34. The van der Waals surface area contributed by atoms with Crippen LogP contribution in [0.5, 0.6) is 0 Å². The number of thiazole rings is 1. The topological polar surface area (TPSA) is 92.3 Å². The number of sulfonamides is 1. The Labute approximate surface area is 240 Å². The number of amides is 1. The van der Waals surface area contributed by atoms with Crippen molar-refractivity contribution in [1.29, 1.82) is 0 Å². The van der Waals surface area contributed by atoms with Gasteiger partial charge in [-0.05, 0) is 81.6 Å². The Morgan fingerprint density at radius 3 is 2.38 bits per heavy atom. The van der Waals surface area contributed by atoms with E-state index in [1.807, 2.05) is 13.8 Å². The van der Waals surface area contributed by atoms with Crippen LogP contribution in [0.2, 0.25) is 0 Å². The third-order valence-electron chi connectivity index (χ3n) is 7.55. The molecule has 2 unspecified atom stereocenters. The molecule has 2 aliphatic heterocycles. The second-order valence-electron chi connectivity index (χ2n) is 10.8. The number of aromatic nitrogens is 1. The van der Waals surface area contributed by atoms with Crippen LogP contribution in [0.25, 0.3) is 10.2 Å². The Hall–Kier alpha value is -2.41. The molecule has 2 saturated heterocycles. The van der Waals surface area contributed by atoms with E-state index in [0.29, 0.717) is 30.3 Å². The molecule has 3 aromatic rings. The maximum Gasteiger partial charge on any atom is 0.260 e. The van der Waals surface area contributed by atoms with Gasteiger partial charge in [-0.25, -0.2) is 13.4 Å². The maximum absolute atomic E-state index is 13.9. The van der Waals surface area contributed by atoms with Crippen LogP contribution in [0.15, 0.2) is 41.3 Å². The molecule has 2 atom stereocenters. The van der Waals surface area contributed by atoms with Gasteiger partial charge in [0.1, 0.15) is 0 Å². The van der Waals surface area contributed by atoms with Gasteiger partial charge in [0, 0.05) is 44.8 Å². The molecule has 0 radical (unpaired) electrons. The number of hydrogen-bond donors (Lipinski definition) is 0. The van der Waals surface area contributed by atoms with Gasteiger partial charge in [0.05, 0.1) is 40.5 Å². The summed E-state index contributed by atoms with van der Waals surface area (Å²) < 4.78 is 40.3. The van der Waals surface area contributed by atoms with Crippen molar-refractivity contribution in [3.05, 3.63) is 53.1 Å². The third-order valence-corrected chi connectivity index (χ3v) is 10.4. The minimum absolute atomic E-state index is 0.174. The van der Waals surface area contributed by atoms with E-state index in [2.05, 4.69) is 30.9 Å². The van der Waals surface area contributed by atoms with Gasteiger partial charge in [-0.1, -0.05) is 11.3 Å². The van der Waals surface area contributed by atoms with Crippen LogP contribution in [0.1, 0.15) is 41.8 Å². The van der Waals surface area contributed by atoms with Crippen molar-refractivity contribution in [1.82, 2.24) is 14.2 Å². The molecule has 216 valence electrons. The Morgan fingerprint density at radius 1 is 1.05 bits per heavy atom. The smallest absolute Gasteiger partial charge is 0.260 e. The lowest BCUT2D eigenvalue weighted by atomic mass is 10.1. The third kappa shape index (κ3) is 6.40. The van der Waals surface area contributed by atoms with Crippen molar-refractivity contribution in [2.24, 2.45) is 0 Å². The molecule has 0 spiro atoms. The fourth-order valence-corrected chi connectivity index (χ4v) is 7.91. The number of benzene rings is 2. The SMILES string of the molecule is Cc1cc2nc(N(CCCN3CCOCC3)C(=O)c3ccc(S(=O)(=O)N4CC(C)OC(C)C4)cc3)sc2cc1C. The van der Waals surface area contributed by atoms with Crippen LogP contribution in [0, 0.1) is 13.8 Å². The predicted octanol–water partition coefficient (Wildman–Crippen LogP) is 4.08. The van der Waals surface area contributed by atoms with E-state index in [1.165, 1.54) is 33.3 Å². The van der Waals surface area contributed by atoms with E-state index in [-0.39, 0.29) is 23.0 Å². The molecule has 0 N–H and O–H groups in total. The molecule has 9 nitrogen and oxygen atoms in total. The number of ether oxygens (including phenoxy) is 2. The zero-order valence-corrected chi connectivity index (χ0v) is 25.3. The lowest BCUT2D eigenvalue weighted by molar-refractivity contribution is -0.0440. The average molecular weight is 587 g/mol. The van der Waals surface area contributed by atoms with Crippen molar-refractivity contribution in [2.75, 3.05) is 57.4 Å². The van der Waals surface area contributed by atoms with Gasteiger partial charge in [0.2, 0.25) is 10.0 Å². The largest absolute Gasteiger partial charge is 0.379 e. The minimum Gasteiger partial charge on any atom is -0.379 e. The van der Waals surface area contributed by atoms with Crippen LogP contribution < -0.4 is 4.90 Å². The van der Waals surface area contributed by atoms with E-state index in [9.17, 15) is 13.2 Å². The molecule has 40 heavy (non-hydrogen) atoms. The molecule has 11 heteroatoms. The highest BCUT2D eigenvalue weighted by Crippen LogP contribution is 2.32. The number of hydrogen-bond acceptors (Lipinski definition) is 8. The van der Waals surface area contributed by atoms with Crippen LogP contribution in [0.3, 0.4) is 0 Å². The van der Waals surface area contributed by atoms with E-state index in [1.54, 1.807) is 17.0 Å². The lowest BCUT2D eigenvalue weighted by Crippen LogP contribution is -2.48. The van der Waals surface area contributed by atoms with Crippen molar-refractivity contribution < 1.29 is 22.7 Å². The number of aryl methyl sites for hydroxylation is 2. The number of carbonyl (C=O) groups is 1. The first-order valence-corrected chi connectivity index (χ1v) is 16.1. The predicted molar refractivity (Wildman–Crippen MR) is 158 cm³/mol. The Bertz CT molecular complexity index is 1400. The van der Waals surface area contributed by atoms with Crippen molar-refractivity contribution >= 4 is 42.6 Å². The van der Waals surface area contributed by atoms with Gasteiger partial charge in [-0.3, -0.25) is 14.6 Å². The van der Waals surface area contributed by atoms with Gasteiger partial charge in [-0.15, -0.1) is 0 Å². The van der Waals surface area contributed by atoms with Crippen LogP contribution in [0.4, 0.5) is 5.13 Å². The van der Waals surface area contributed by atoms with Crippen LogP contribution in [-0.2, 0) is 19.5 Å². The number of morpholine rings is 2. The molecule has 0 saturated carbocycles. The first-order chi connectivity index (χ1) is 19.1. The Balaban J connectivity index is 1.38. The summed E-state index contributed by atoms with van der Waals surface area (Å²) in [4.78, 5) is 23.0. The molecular formula is C29H38N4O5S2. The average Bonchev–Trinajstić information content (AvgIpc) is 3.33. The second kappa shape index (κ2) is 12.2. The summed E-state index contributed by atoms with van der Waals surface area (Å²) in [5.74, 6) is -0.188. The number of carbonyl (C=O) groups excluding carboxylic acids is 1. The van der Waals surface area contributed by atoms with E-state index in [4.69, 9.17) is 14.5 Å². The summed E-state index contributed by atoms with van der Waals surface area (Å²) in [7, 11) is -3.69. The molecule has 1 amide bonds. The Morgan fingerprint density at radius 2 is 1.70 bits per heavy atom. The Kier molecular flexibility index (Phi) is 8.89. The molecule has 2 fully saturated rings. The van der Waals surface area contributed by atoms with Crippen molar-refractivity contribution in [2.45, 2.75) is 51.2 Å². The highest BCUT2D eigenvalue weighted by Gasteiger charge is 2.32. The molecule has 3 heterocycles. The molecular weight excluding hydrogens is 548 g/mol. The van der Waals surface area contributed by atoms with Gasteiger partial charge in [-0.2, -0.15) is 4.31 Å². The quantitative estimate of drug-likeness (QED) is 0.393. The molecule has 1 aromatic heterocycles. The molecule has 0 aliphatic carbocycles. The number of anilines is 1. The molecule has 2 aromatic carbocycles. The summed E-state index contributed by atoms with van der Waals surface area (Å²) >= 11 is 1.51. The zero-order chi connectivity index (χ0) is 28.4. The zero-order valence-electron chi connectivity index (χ0n) is 23.6. The summed E-state index contributed by atoms with van der Waals surface area (Å²) in [6, 6.07) is 10.5. The van der Waals surface area contributed by atoms with Crippen molar-refractivity contribution in [3.63, 3.8) is 0 Å².